The van der Waals surface area contributed by atoms with Gasteiger partial charge in [0.15, 0.2) is 5.11 Å². The zero-order chi connectivity index (χ0) is 16.9. The first-order valence-corrected chi connectivity index (χ1v) is 8.37. The zero-order valence-electron chi connectivity index (χ0n) is 13.5. The van der Waals surface area contributed by atoms with Crippen molar-refractivity contribution >= 4 is 28.2 Å². The number of thiocarbonyl (C=S) groups is 1. The van der Waals surface area contributed by atoms with Gasteiger partial charge >= 0.3 is 0 Å². The second kappa shape index (κ2) is 7.45. The molecule has 0 fully saturated rings. The fourth-order valence-corrected chi connectivity index (χ4v) is 3.01. The molecule has 3 nitrogen and oxygen atoms in total. The molecule has 0 radical (unpaired) electrons. The molecule has 1 aromatic heterocycles. The van der Waals surface area contributed by atoms with E-state index in [1.807, 2.05) is 18.2 Å². The zero-order valence-corrected chi connectivity index (χ0v) is 14.3. The van der Waals surface area contributed by atoms with Crippen LogP contribution in [0.5, 0.6) is 0 Å². The number of aryl methyl sites for hydroxylation is 1. The molecule has 0 atom stereocenters. The highest BCUT2D eigenvalue weighted by molar-refractivity contribution is 7.80. The average Bonchev–Trinajstić information content (AvgIpc) is 2.90. The molecular formula is C19H20FN3S. The first-order chi connectivity index (χ1) is 11.6. The standard InChI is InChI=1S/C19H20FN3S/c1-13-15(16-7-3-5-9-18(16)23-13)10-11-21-19(24)22-12-14-6-2-4-8-17(14)20/h2-9,23H,10-12H2,1H3,(H2,21,22,24). The van der Waals surface area contributed by atoms with Gasteiger partial charge in [0.05, 0.1) is 0 Å². The molecule has 124 valence electrons. The van der Waals surface area contributed by atoms with Crippen molar-refractivity contribution in [1.82, 2.24) is 15.6 Å². The van der Waals surface area contributed by atoms with E-state index in [9.17, 15) is 4.39 Å². The van der Waals surface area contributed by atoms with Gasteiger partial charge in [-0.3, -0.25) is 0 Å². The number of halogens is 1. The third-order valence-electron chi connectivity index (χ3n) is 4.08. The highest BCUT2D eigenvalue weighted by Gasteiger charge is 2.07. The Kier molecular flexibility index (Phi) is 5.11. The summed E-state index contributed by atoms with van der Waals surface area (Å²) >= 11 is 5.27. The second-order valence-corrected chi connectivity index (χ2v) is 6.13. The van der Waals surface area contributed by atoms with E-state index in [0.717, 1.165) is 18.5 Å². The maximum absolute atomic E-state index is 13.6. The van der Waals surface area contributed by atoms with Gasteiger partial charge in [0.25, 0.3) is 0 Å². The van der Waals surface area contributed by atoms with E-state index in [1.165, 1.54) is 22.7 Å². The van der Waals surface area contributed by atoms with E-state index < -0.39 is 0 Å². The van der Waals surface area contributed by atoms with E-state index in [0.29, 0.717) is 17.2 Å². The summed E-state index contributed by atoms with van der Waals surface area (Å²) in [5.41, 5.74) is 4.25. The van der Waals surface area contributed by atoms with Gasteiger partial charge in [-0.1, -0.05) is 36.4 Å². The molecule has 3 aromatic rings. The first kappa shape index (κ1) is 16.5. The number of hydrogen-bond acceptors (Lipinski definition) is 1. The van der Waals surface area contributed by atoms with Crippen LogP contribution in [0.2, 0.25) is 0 Å². The van der Waals surface area contributed by atoms with Gasteiger partial charge in [-0.15, -0.1) is 0 Å². The Bertz CT molecular complexity index is 857. The lowest BCUT2D eigenvalue weighted by molar-refractivity contribution is 0.605. The average molecular weight is 341 g/mol. The van der Waals surface area contributed by atoms with Gasteiger partial charge in [-0.05, 0) is 43.3 Å². The van der Waals surface area contributed by atoms with Gasteiger partial charge in [-0.2, -0.15) is 0 Å². The maximum Gasteiger partial charge on any atom is 0.166 e. The van der Waals surface area contributed by atoms with Crippen LogP contribution in [0.15, 0.2) is 48.5 Å². The number of para-hydroxylation sites is 1. The summed E-state index contributed by atoms with van der Waals surface area (Å²) in [7, 11) is 0. The van der Waals surface area contributed by atoms with Crippen molar-refractivity contribution in [3.8, 4) is 0 Å². The molecular weight excluding hydrogens is 321 g/mol. The molecule has 2 aromatic carbocycles. The molecule has 0 aliphatic rings. The topological polar surface area (TPSA) is 39.9 Å². The van der Waals surface area contributed by atoms with Crippen LogP contribution in [-0.4, -0.2) is 16.6 Å². The normalized spacial score (nSPS) is 10.8. The van der Waals surface area contributed by atoms with E-state index in [-0.39, 0.29) is 5.82 Å². The number of aromatic nitrogens is 1. The molecule has 0 aliphatic heterocycles. The second-order valence-electron chi connectivity index (χ2n) is 5.73. The molecule has 0 saturated carbocycles. The van der Waals surface area contributed by atoms with Crippen molar-refractivity contribution in [2.24, 2.45) is 0 Å². The monoisotopic (exact) mass is 341 g/mol. The van der Waals surface area contributed by atoms with Crippen molar-refractivity contribution in [3.05, 3.63) is 71.2 Å². The summed E-state index contributed by atoms with van der Waals surface area (Å²) in [5, 5.41) is 8.02. The van der Waals surface area contributed by atoms with Crippen LogP contribution < -0.4 is 10.6 Å². The third kappa shape index (κ3) is 3.74. The number of rotatable bonds is 5. The fraction of sp³-hybridized carbons (Fsp3) is 0.211. The Morgan fingerprint density at radius 2 is 1.83 bits per heavy atom. The summed E-state index contributed by atoms with van der Waals surface area (Å²) in [6, 6.07) is 15.0. The lowest BCUT2D eigenvalue weighted by atomic mass is 10.1. The van der Waals surface area contributed by atoms with Gasteiger partial charge in [-0.25, -0.2) is 4.39 Å². The quantitative estimate of drug-likeness (QED) is 0.618. The number of hydrogen-bond donors (Lipinski definition) is 3. The minimum absolute atomic E-state index is 0.220. The van der Waals surface area contributed by atoms with Crippen LogP contribution in [-0.2, 0) is 13.0 Å². The number of aromatic amines is 1. The van der Waals surface area contributed by atoms with Crippen molar-refractivity contribution in [1.29, 1.82) is 0 Å². The Morgan fingerprint density at radius 1 is 1.08 bits per heavy atom. The van der Waals surface area contributed by atoms with Crippen molar-refractivity contribution < 1.29 is 4.39 Å². The Labute approximate surface area is 146 Å². The molecule has 3 rings (SSSR count). The van der Waals surface area contributed by atoms with Gasteiger partial charge < -0.3 is 15.6 Å². The number of benzene rings is 2. The lowest BCUT2D eigenvalue weighted by Gasteiger charge is -2.11. The van der Waals surface area contributed by atoms with Crippen molar-refractivity contribution in [3.63, 3.8) is 0 Å². The molecule has 5 heteroatoms. The van der Waals surface area contributed by atoms with Gasteiger partial charge in [0.2, 0.25) is 0 Å². The largest absolute Gasteiger partial charge is 0.362 e. The minimum Gasteiger partial charge on any atom is -0.362 e. The van der Waals surface area contributed by atoms with Crippen LogP contribution in [0.25, 0.3) is 10.9 Å². The van der Waals surface area contributed by atoms with Crippen molar-refractivity contribution in [2.45, 2.75) is 19.9 Å². The Hall–Kier alpha value is -2.40. The van der Waals surface area contributed by atoms with Gasteiger partial charge in [0, 0.05) is 35.2 Å². The van der Waals surface area contributed by atoms with Gasteiger partial charge in [0.1, 0.15) is 5.82 Å². The lowest BCUT2D eigenvalue weighted by Crippen LogP contribution is -2.36. The van der Waals surface area contributed by atoms with Crippen LogP contribution in [0.1, 0.15) is 16.8 Å². The molecule has 0 spiro atoms. The molecule has 24 heavy (non-hydrogen) atoms. The number of fused-ring (bicyclic) bond motifs is 1. The Morgan fingerprint density at radius 3 is 2.67 bits per heavy atom. The van der Waals surface area contributed by atoms with Crippen LogP contribution in [0, 0.1) is 12.7 Å². The molecule has 0 unspecified atom stereocenters. The molecule has 1 heterocycles. The summed E-state index contributed by atoms with van der Waals surface area (Å²) in [4.78, 5) is 3.40. The van der Waals surface area contributed by atoms with Crippen LogP contribution in [0.3, 0.4) is 0 Å². The van der Waals surface area contributed by atoms with E-state index >= 15 is 0 Å². The van der Waals surface area contributed by atoms with E-state index in [4.69, 9.17) is 12.2 Å². The summed E-state index contributed by atoms with van der Waals surface area (Å²) in [6.45, 7) is 3.19. The minimum atomic E-state index is -0.220. The first-order valence-electron chi connectivity index (χ1n) is 7.96. The molecule has 0 saturated heterocycles. The summed E-state index contributed by atoms with van der Waals surface area (Å²) in [6.07, 6.45) is 0.872. The Balaban J connectivity index is 1.51. The highest BCUT2D eigenvalue weighted by Crippen LogP contribution is 2.21. The van der Waals surface area contributed by atoms with E-state index in [2.05, 4.69) is 34.7 Å². The summed E-state index contributed by atoms with van der Waals surface area (Å²) in [5.74, 6) is -0.220. The highest BCUT2D eigenvalue weighted by atomic mass is 32.1. The predicted molar refractivity (Wildman–Crippen MR) is 101 cm³/mol. The summed E-state index contributed by atoms with van der Waals surface area (Å²) < 4.78 is 13.6. The van der Waals surface area contributed by atoms with E-state index in [1.54, 1.807) is 12.1 Å². The molecule has 0 amide bonds. The van der Waals surface area contributed by atoms with Crippen LogP contribution >= 0.6 is 12.2 Å². The number of H-pyrrole nitrogens is 1. The molecule has 3 N–H and O–H groups in total. The third-order valence-corrected chi connectivity index (χ3v) is 4.37. The maximum atomic E-state index is 13.6. The van der Waals surface area contributed by atoms with Crippen molar-refractivity contribution in [2.75, 3.05) is 6.54 Å². The van der Waals surface area contributed by atoms with Crippen LogP contribution in [0.4, 0.5) is 4.39 Å². The fourth-order valence-electron chi connectivity index (χ4n) is 2.84. The smallest absolute Gasteiger partial charge is 0.166 e. The SMILES string of the molecule is Cc1[nH]c2ccccc2c1CCNC(=S)NCc1ccccc1F. The number of nitrogens with one attached hydrogen (secondary N) is 3. The predicted octanol–water partition coefficient (Wildman–Crippen LogP) is 3.82. The molecule has 0 aliphatic carbocycles. The molecule has 0 bridgehead atoms.